The molecule has 0 saturated carbocycles. The third kappa shape index (κ3) is 6.80. The predicted octanol–water partition coefficient (Wildman–Crippen LogP) is 2.35. The second-order valence-electron chi connectivity index (χ2n) is 4.24. The van der Waals surface area contributed by atoms with Crippen molar-refractivity contribution in [3.63, 3.8) is 0 Å². The molecule has 1 aromatic rings. The third-order valence-electron chi connectivity index (χ3n) is 2.67. The van der Waals surface area contributed by atoms with Gasteiger partial charge in [-0.3, -0.25) is 4.79 Å². The van der Waals surface area contributed by atoms with E-state index in [1.807, 2.05) is 38.1 Å². The van der Waals surface area contributed by atoms with Crippen LogP contribution in [0.5, 0.6) is 5.75 Å². The summed E-state index contributed by atoms with van der Waals surface area (Å²) in [7, 11) is 0. The van der Waals surface area contributed by atoms with E-state index in [1.54, 1.807) is 0 Å². The molecule has 2 unspecified atom stereocenters. The molecule has 1 amide bonds. The first-order valence-electron chi connectivity index (χ1n) is 5.92. The van der Waals surface area contributed by atoms with Crippen LogP contribution in [0.1, 0.15) is 13.8 Å². The van der Waals surface area contributed by atoms with Crippen molar-refractivity contribution >= 4 is 34.2 Å². The van der Waals surface area contributed by atoms with Crippen molar-refractivity contribution in [3.8, 4) is 5.75 Å². The molecule has 19 heavy (non-hydrogen) atoms. The van der Waals surface area contributed by atoms with Gasteiger partial charge in [0.15, 0.2) is 0 Å². The molecule has 0 aromatic heterocycles. The maximum atomic E-state index is 11.6. The summed E-state index contributed by atoms with van der Waals surface area (Å²) in [6, 6.07) is 7.44. The number of carbonyl (C=O) groups excluding carboxylic acids is 1. The van der Waals surface area contributed by atoms with Gasteiger partial charge in [-0.2, -0.15) is 0 Å². The van der Waals surface area contributed by atoms with Crippen LogP contribution in [0.3, 0.4) is 0 Å². The fourth-order valence-electron chi connectivity index (χ4n) is 1.30. The number of nitrogens with two attached hydrogens (primary N) is 1. The molecule has 1 rings (SSSR count). The van der Waals surface area contributed by atoms with Crippen LogP contribution in [0.4, 0.5) is 0 Å². The normalized spacial score (nSPS) is 13.1. The van der Waals surface area contributed by atoms with Gasteiger partial charge in [-0.05, 0) is 25.1 Å². The molecule has 0 saturated heterocycles. The Balaban J connectivity index is 0.00000324. The first kappa shape index (κ1) is 18.2. The van der Waals surface area contributed by atoms with Crippen LogP contribution < -0.4 is 15.8 Å². The van der Waals surface area contributed by atoms with E-state index >= 15 is 0 Å². The maximum Gasteiger partial charge on any atom is 0.224 e. The number of rotatable bonds is 6. The molecule has 0 spiro atoms. The van der Waals surface area contributed by atoms with Gasteiger partial charge in [0.25, 0.3) is 0 Å². The molecule has 0 heterocycles. The molecule has 108 valence electrons. The Labute approximate surface area is 128 Å². The number of halogens is 2. The smallest absolute Gasteiger partial charge is 0.224 e. The number of carbonyl (C=O) groups is 1. The zero-order valence-electron chi connectivity index (χ0n) is 11.1. The van der Waals surface area contributed by atoms with Gasteiger partial charge in [-0.25, -0.2) is 0 Å². The van der Waals surface area contributed by atoms with Gasteiger partial charge >= 0.3 is 0 Å². The Morgan fingerprint density at radius 1 is 1.47 bits per heavy atom. The summed E-state index contributed by atoms with van der Waals surface area (Å²) >= 11 is 3.37. The van der Waals surface area contributed by atoms with Crippen molar-refractivity contribution in [2.24, 2.45) is 11.7 Å². The average Bonchev–Trinajstić information content (AvgIpc) is 2.33. The molecule has 0 aliphatic carbocycles. The Morgan fingerprint density at radius 3 is 2.74 bits per heavy atom. The van der Waals surface area contributed by atoms with Gasteiger partial charge in [-0.15, -0.1) is 12.4 Å². The number of amides is 1. The summed E-state index contributed by atoms with van der Waals surface area (Å²) in [6.07, 6.45) is 0. The molecule has 0 aliphatic heterocycles. The number of hydrogen-bond donors (Lipinski definition) is 2. The fraction of sp³-hybridized carbons (Fsp3) is 0.462. The van der Waals surface area contributed by atoms with Crippen LogP contribution in [0.25, 0.3) is 0 Å². The topological polar surface area (TPSA) is 64.4 Å². The molecule has 6 heteroatoms. The van der Waals surface area contributed by atoms with Crippen LogP contribution >= 0.6 is 28.3 Å². The second-order valence-corrected chi connectivity index (χ2v) is 5.16. The van der Waals surface area contributed by atoms with Crippen LogP contribution in [-0.4, -0.2) is 25.1 Å². The summed E-state index contributed by atoms with van der Waals surface area (Å²) in [5, 5.41) is 2.79. The van der Waals surface area contributed by atoms with E-state index in [9.17, 15) is 4.79 Å². The minimum absolute atomic E-state index is 0. The van der Waals surface area contributed by atoms with Crippen molar-refractivity contribution in [1.82, 2.24) is 5.32 Å². The van der Waals surface area contributed by atoms with Gasteiger partial charge in [0.1, 0.15) is 12.4 Å². The van der Waals surface area contributed by atoms with E-state index in [1.165, 1.54) is 0 Å². The van der Waals surface area contributed by atoms with Gasteiger partial charge in [0.05, 0.1) is 6.54 Å². The maximum absolute atomic E-state index is 11.6. The minimum atomic E-state index is -0.184. The zero-order chi connectivity index (χ0) is 13.5. The van der Waals surface area contributed by atoms with Crippen LogP contribution in [-0.2, 0) is 4.79 Å². The molecule has 1 aromatic carbocycles. The SMILES string of the molecule is CC(N)C(C)C(=O)NCCOc1cccc(Br)c1.Cl. The standard InChI is InChI=1S/C13H19BrN2O2.ClH/c1-9(10(2)15)13(17)16-6-7-18-12-5-3-4-11(14)8-12;/h3-5,8-10H,6-7,15H2,1-2H3,(H,16,17);1H. The first-order valence-corrected chi connectivity index (χ1v) is 6.71. The summed E-state index contributed by atoms with van der Waals surface area (Å²) in [5.74, 6) is 0.553. The highest BCUT2D eigenvalue weighted by Gasteiger charge is 2.15. The van der Waals surface area contributed by atoms with E-state index in [0.717, 1.165) is 10.2 Å². The first-order chi connectivity index (χ1) is 8.50. The molecule has 3 N–H and O–H groups in total. The van der Waals surface area contributed by atoms with Crippen molar-refractivity contribution in [3.05, 3.63) is 28.7 Å². The Bertz CT molecular complexity index is 402. The molecular formula is C13H20BrClN2O2. The van der Waals surface area contributed by atoms with Gasteiger partial charge in [0.2, 0.25) is 5.91 Å². The van der Waals surface area contributed by atoms with Gasteiger partial charge < -0.3 is 15.8 Å². The highest BCUT2D eigenvalue weighted by atomic mass is 79.9. The molecule has 0 radical (unpaired) electrons. The summed E-state index contributed by atoms with van der Waals surface area (Å²) in [5.41, 5.74) is 5.65. The summed E-state index contributed by atoms with van der Waals surface area (Å²) in [4.78, 5) is 11.6. The number of benzene rings is 1. The molecule has 0 bridgehead atoms. The lowest BCUT2D eigenvalue weighted by atomic mass is 10.0. The molecule has 0 aliphatic rings. The summed E-state index contributed by atoms with van der Waals surface area (Å²) in [6.45, 7) is 4.55. The van der Waals surface area contributed by atoms with Crippen LogP contribution in [0.2, 0.25) is 0 Å². The van der Waals surface area contributed by atoms with E-state index in [2.05, 4.69) is 21.2 Å². The average molecular weight is 352 g/mol. The highest BCUT2D eigenvalue weighted by Crippen LogP contribution is 2.17. The lowest BCUT2D eigenvalue weighted by molar-refractivity contribution is -0.125. The van der Waals surface area contributed by atoms with Crippen molar-refractivity contribution in [1.29, 1.82) is 0 Å². The zero-order valence-corrected chi connectivity index (χ0v) is 13.5. The Morgan fingerprint density at radius 2 is 2.16 bits per heavy atom. The lowest BCUT2D eigenvalue weighted by Gasteiger charge is -2.15. The van der Waals surface area contributed by atoms with Gasteiger partial charge in [0, 0.05) is 16.4 Å². The Hall–Kier alpha value is -0.780. The predicted molar refractivity (Wildman–Crippen MR) is 82.7 cm³/mol. The molecular weight excluding hydrogens is 332 g/mol. The lowest BCUT2D eigenvalue weighted by Crippen LogP contribution is -2.40. The van der Waals surface area contributed by atoms with E-state index in [4.69, 9.17) is 10.5 Å². The fourth-order valence-corrected chi connectivity index (χ4v) is 1.68. The van der Waals surface area contributed by atoms with E-state index in [-0.39, 0.29) is 30.3 Å². The highest BCUT2D eigenvalue weighted by molar-refractivity contribution is 9.10. The molecule has 0 fully saturated rings. The molecule has 2 atom stereocenters. The van der Waals surface area contributed by atoms with Gasteiger partial charge in [-0.1, -0.05) is 28.9 Å². The van der Waals surface area contributed by atoms with Crippen molar-refractivity contribution in [2.75, 3.05) is 13.2 Å². The number of nitrogens with one attached hydrogen (secondary N) is 1. The monoisotopic (exact) mass is 350 g/mol. The van der Waals surface area contributed by atoms with Crippen LogP contribution in [0.15, 0.2) is 28.7 Å². The number of ether oxygens (including phenoxy) is 1. The van der Waals surface area contributed by atoms with Crippen molar-refractivity contribution < 1.29 is 9.53 Å². The Kier molecular flexibility index (Phi) is 8.80. The largest absolute Gasteiger partial charge is 0.492 e. The second kappa shape index (κ2) is 9.18. The minimum Gasteiger partial charge on any atom is -0.492 e. The molecule has 4 nitrogen and oxygen atoms in total. The quantitative estimate of drug-likeness (QED) is 0.773. The van der Waals surface area contributed by atoms with E-state index < -0.39 is 0 Å². The number of hydrogen-bond acceptors (Lipinski definition) is 3. The van der Waals surface area contributed by atoms with Crippen LogP contribution in [0, 0.1) is 5.92 Å². The van der Waals surface area contributed by atoms with E-state index in [0.29, 0.717) is 13.2 Å². The van der Waals surface area contributed by atoms with Crippen molar-refractivity contribution in [2.45, 2.75) is 19.9 Å². The summed E-state index contributed by atoms with van der Waals surface area (Å²) < 4.78 is 6.47. The third-order valence-corrected chi connectivity index (χ3v) is 3.16.